The van der Waals surface area contributed by atoms with Gasteiger partial charge >= 0.3 is 0 Å². The molecular formula is C10H9O. The van der Waals surface area contributed by atoms with Crippen LogP contribution in [0.15, 0.2) is 35.1 Å². The molecule has 0 aliphatic carbocycles. The first-order valence-electron chi connectivity index (χ1n) is 3.64. The molecule has 1 heteroatoms. The van der Waals surface area contributed by atoms with Crippen molar-refractivity contribution in [3.05, 3.63) is 43.2 Å². The van der Waals surface area contributed by atoms with Crippen molar-refractivity contribution in [1.29, 1.82) is 0 Å². The summed E-state index contributed by atoms with van der Waals surface area (Å²) >= 11 is 0. The smallest absolute Gasteiger partial charge is 0.0981 e. The van der Waals surface area contributed by atoms with Gasteiger partial charge in [0, 0.05) is 10.8 Å². The lowest BCUT2D eigenvalue weighted by atomic mass is 10.1. The Bertz CT molecular complexity index is 360. The fourth-order valence-corrected chi connectivity index (χ4v) is 1.17. The molecule has 0 unspecified atom stereocenters. The predicted octanol–water partition coefficient (Wildman–Crippen LogP) is 2.81. The third-order valence-electron chi connectivity index (χ3n) is 1.83. The van der Waals surface area contributed by atoms with Crippen LogP contribution in [0.2, 0.25) is 0 Å². The van der Waals surface area contributed by atoms with E-state index in [2.05, 4.69) is 25.1 Å². The fourth-order valence-electron chi connectivity index (χ4n) is 1.17. The zero-order valence-electron chi connectivity index (χ0n) is 6.21. The number of fused-ring (bicyclic) bond motifs is 1. The summed E-state index contributed by atoms with van der Waals surface area (Å²) < 4.78 is 5.04. The number of hydrogen-bond donors (Lipinski definition) is 0. The van der Waals surface area contributed by atoms with Crippen molar-refractivity contribution in [2.24, 2.45) is 0 Å². The van der Waals surface area contributed by atoms with Crippen molar-refractivity contribution >= 4 is 10.8 Å². The molecule has 2 rings (SSSR count). The van der Waals surface area contributed by atoms with E-state index in [1.54, 1.807) is 12.5 Å². The summed E-state index contributed by atoms with van der Waals surface area (Å²) in [5, 5.41) is 2.31. The van der Waals surface area contributed by atoms with E-state index < -0.39 is 0 Å². The molecule has 0 saturated heterocycles. The summed E-state index contributed by atoms with van der Waals surface area (Å²) in [6.45, 7) is 3.82. The SMILES string of the molecule is [CH2]Cc1ccc2cocc2c1. The number of hydrogen-bond acceptors (Lipinski definition) is 1. The third-order valence-corrected chi connectivity index (χ3v) is 1.83. The van der Waals surface area contributed by atoms with Crippen LogP contribution in [0.4, 0.5) is 0 Å². The van der Waals surface area contributed by atoms with Crippen molar-refractivity contribution < 1.29 is 4.42 Å². The molecule has 1 heterocycles. The number of rotatable bonds is 1. The fraction of sp³-hybridized carbons (Fsp3) is 0.100. The first-order valence-corrected chi connectivity index (χ1v) is 3.64. The zero-order chi connectivity index (χ0) is 7.68. The van der Waals surface area contributed by atoms with Crippen molar-refractivity contribution in [1.82, 2.24) is 0 Å². The molecular weight excluding hydrogens is 136 g/mol. The van der Waals surface area contributed by atoms with Crippen LogP contribution in [0.1, 0.15) is 5.56 Å². The van der Waals surface area contributed by atoms with E-state index in [9.17, 15) is 0 Å². The molecule has 0 spiro atoms. The van der Waals surface area contributed by atoms with Crippen LogP contribution in [0.25, 0.3) is 10.8 Å². The first-order chi connectivity index (χ1) is 5.40. The Morgan fingerprint density at radius 3 is 2.82 bits per heavy atom. The topological polar surface area (TPSA) is 13.1 Å². The van der Waals surface area contributed by atoms with Gasteiger partial charge in [-0.25, -0.2) is 0 Å². The minimum atomic E-state index is 0.834. The Balaban J connectivity index is 2.67. The minimum absolute atomic E-state index is 0.834. The standard InChI is InChI=1S/C10H9O/c1-2-8-3-4-9-6-11-7-10(9)5-8/h3-7H,1-2H2. The molecule has 0 amide bonds. The van der Waals surface area contributed by atoms with E-state index in [1.807, 2.05) is 0 Å². The lowest BCUT2D eigenvalue weighted by molar-refractivity contribution is 0.572. The summed E-state index contributed by atoms with van der Waals surface area (Å²) in [6.07, 6.45) is 4.35. The highest BCUT2D eigenvalue weighted by Gasteiger charge is 1.95. The van der Waals surface area contributed by atoms with E-state index in [-0.39, 0.29) is 0 Å². The predicted molar refractivity (Wildman–Crippen MR) is 45.3 cm³/mol. The van der Waals surface area contributed by atoms with Crippen LogP contribution < -0.4 is 0 Å². The second-order valence-electron chi connectivity index (χ2n) is 2.59. The molecule has 0 fully saturated rings. The van der Waals surface area contributed by atoms with Crippen molar-refractivity contribution in [2.75, 3.05) is 0 Å². The minimum Gasteiger partial charge on any atom is -0.471 e. The van der Waals surface area contributed by atoms with E-state index in [1.165, 1.54) is 5.56 Å². The van der Waals surface area contributed by atoms with Gasteiger partial charge in [0.05, 0.1) is 12.5 Å². The Kier molecular flexibility index (Phi) is 1.42. The van der Waals surface area contributed by atoms with E-state index in [0.717, 1.165) is 17.2 Å². The summed E-state index contributed by atoms with van der Waals surface area (Å²) in [5.74, 6) is 0. The Morgan fingerprint density at radius 1 is 1.18 bits per heavy atom. The van der Waals surface area contributed by atoms with Gasteiger partial charge in [-0.2, -0.15) is 0 Å². The van der Waals surface area contributed by atoms with Gasteiger partial charge in [-0.05, 0) is 25.0 Å². The van der Waals surface area contributed by atoms with E-state index >= 15 is 0 Å². The molecule has 55 valence electrons. The molecule has 1 nitrogen and oxygen atoms in total. The van der Waals surface area contributed by atoms with Gasteiger partial charge in [0.15, 0.2) is 0 Å². The Labute approximate surface area is 65.6 Å². The molecule has 1 radical (unpaired) electrons. The van der Waals surface area contributed by atoms with Gasteiger partial charge in [-0.1, -0.05) is 12.1 Å². The monoisotopic (exact) mass is 145 g/mol. The molecule has 0 atom stereocenters. The highest BCUT2D eigenvalue weighted by molar-refractivity contribution is 5.81. The van der Waals surface area contributed by atoms with Gasteiger partial charge in [0.2, 0.25) is 0 Å². The van der Waals surface area contributed by atoms with Gasteiger partial charge in [0.1, 0.15) is 0 Å². The maximum absolute atomic E-state index is 5.04. The Hall–Kier alpha value is -1.24. The molecule has 11 heavy (non-hydrogen) atoms. The second kappa shape index (κ2) is 2.42. The maximum atomic E-state index is 5.04. The molecule has 0 aliphatic rings. The number of furan rings is 1. The maximum Gasteiger partial charge on any atom is 0.0981 e. The summed E-state index contributed by atoms with van der Waals surface area (Å²) in [4.78, 5) is 0. The Morgan fingerprint density at radius 2 is 2.00 bits per heavy atom. The van der Waals surface area contributed by atoms with Crippen LogP contribution in [0.5, 0.6) is 0 Å². The quantitative estimate of drug-likeness (QED) is 0.601. The molecule has 1 aromatic carbocycles. The molecule has 0 aliphatic heterocycles. The molecule has 0 saturated carbocycles. The number of benzene rings is 1. The van der Waals surface area contributed by atoms with E-state index in [4.69, 9.17) is 4.42 Å². The van der Waals surface area contributed by atoms with Crippen LogP contribution in [0.3, 0.4) is 0 Å². The average Bonchev–Trinajstić information content (AvgIpc) is 2.50. The summed E-state index contributed by atoms with van der Waals surface area (Å²) in [5.41, 5.74) is 1.25. The van der Waals surface area contributed by atoms with Crippen LogP contribution >= 0.6 is 0 Å². The average molecular weight is 145 g/mol. The third kappa shape index (κ3) is 1.03. The molecule has 2 aromatic rings. The van der Waals surface area contributed by atoms with Crippen LogP contribution in [-0.2, 0) is 6.42 Å². The van der Waals surface area contributed by atoms with Gasteiger partial charge in [-0.3, -0.25) is 0 Å². The van der Waals surface area contributed by atoms with Crippen molar-refractivity contribution in [2.45, 2.75) is 6.42 Å². The highest BCUT2D eigenvalue weighted by atomic mass is 16.3. The van der Waals surface area contributed by atoms with Gasteiger partial charge in [-0.15, -0.1) is 0 Å². The van der Waals surface area contributed by atoms with Gasteiger partial charge < -0.3 is 4.42 Å². The molecule has 0 N–H and O–H groups in total. The summed E-state index contributed by atoms with van der Waals surface area (Å²) in [7, 11) is 0. The van der Waals surface area contributed by atoms with E-state index in [0.29, 0.717) is 0 Å². The lowest BCUT2D eigenvalue weighted by Crippen LogP contribution is -1.76. The first kappa shape index (κ1) is 6.47. The second-order valence-corrected chi connectivity index (χ2v) is 2.59. The normalized spacial score (nSPS) is 10.6. The highest BCUT2D eigenvalue weighted by Crippen LogP contribution is 2.16. The van der Waals surface area contributed by atoms with Crippen molar-refractivity contribution in [3.8, 4) is 0 Å². The lowest BCUT2D eigenvalue weighted by Gasteiger charge is -1.93. The van der Waals surface area contributed by atoms with Gasteiger partial charge in [0.25, 0.3) is 0 Å². The molecule has 0 bridgehead atoms. The van der Waals surface area contributed by atoms with Crippen LogP contribution in [0, 0.1) is 6.92 Å². The van der Waals surface area contributed by atoms with Crippen molar-refractivity contribution in [3.63, 3.8) is 0 Å². The summed E-state index contributed by atoms with van der Waals surface area (Å²) in [6, 6.07) is 6.23. The molecule has 1 aromatic heterocycles. The van der Waals surface area contributed by atoms with Crippen LogP contribution in [-0.4, -0.2) is 0 Å². The zero-order valence-corrected chi connectivity index (χ0v) is 6.21. The largest absolute Gasteiger partial charge is 0.471 e.